The molecule has 1 fully saturated rings. The summed E-state index contributed by atoms with van der Waals surface area (Å²) in [6.07, 6.45) is 5.64. The molecular weight excluding hydrogens is 646 g/mol. The number of nitrogens with one attached hydrogen (secondary N) is 1. The zero-order valence-corrected chi connectivity index (χ0v) is 28.0. The van der Waals surface area contributed by atoms with E-state index in [9.17, 15) is 14.3 Å². The van der Waals surface area contributed by atoms with Crippen LogP contribution in [0, 0.1) is 17.6 Å². The Balaban J connectivity index is 0.986. The first-order chi connectivity index (χ1) is 24.2. The van der Waals surface area contributed by atoms with Gasteiger partial charge >= 0.3 is 5.69 Å². The second-order valence-electron chi connectivity index (χ2n) is 13.0. The van der Waals surface area contributed by atoms with Crippen molar-refractivity contribution in [1.82, 2.24) is 29.1 Å². The Morgan fingerprint density at radius 2 is 1.90 bits per heavy atom. The number of hydrogen-bond donors (Lipinski definition) is 2. The molecule has 0 unspecified atom stereocenters. The van der Waals surface area contributed by atoms with Crippen LogP contribution in [0.3, 0.4) is 0 Å². The van der Waals surface area contributed by atoms with Crippen LogP contribution in [0.5, 0.6) is 5.75 Å². The van der Waals surface area contributed by atoms with Crippen molar-refractivity contribution in [2.24, 2.45) is 5.92 Å². The van der Waals surface area contributed by atoms with Crippen LogP contribution in [0.1, 0.15) is 43.9 Å². The van der Waals surface area contributed by atoms with Gasteiger partial charge in [-0.2, -0.15) is 10.2 Å². The summed E-state index contributed by atoms with van der Waals surface area (Å²) in [7, 11) is 0. The first-order valence-corrected chi connectivity index (χ1v) is 16.8. The largest absolute Gasteiger partial charge is 0.493 e. The number of rotatable bonds is 11. The van der Waals surface area contributed by atoms with Crippen molar-refractivity contribution in [3.63, 3.8) is 0 Å². The van der Waals surface area contributed by atoms with E-state index in [1.807, 2.05) is 43.3 Å². The molecule has 0 saturated carbocycles. The number of fused-ring (bicyclic) bond motifs is 1. The lowest BCUT2D eigenvalue weighted by Crippen LogP contribution is -2.32. The highest BCUT2D eigenvalue weighted by atomic mass is 19.1. The van der Waals surface area contributed by atoms with Crippen LogP contribution in [-0.2, 0) is 23.3 Å². The highest BCUT2D eigenvalue weighted by Crippen LogP contribution is 2.42. The molecule has 4 atom stereocenters. The molecule has 0 radical (unpaired) electrons. The van der Waals surface area contributed by atoms with E-state index in [0.29, 0.717) is 44.2 Å². The second kappa shape index (κ2) is 14.0. The fraction of sp³-hybridized carbons (Fsp3) is 0.389. The number of halogens is 2. The summed E-state index contributed by atoms with van der Waals surface area (Å²) in [5.74, 6) is -0.627. The van der Waals surface area contributed by atoms with Crippen molar-refractivity contribution in [1.29, 1.82) is 0 Å². The molecule has 2 N–H and O–H groups in total. The van der Waals surface area contributed by atoms with Crippen LogP contribution in [0.2, 0.25) is 0 Å². The topological polar surface area (TPSA) is 124 Å². The van der Waals surface area contributed by atoms with Gasteiger partial charge in [0.1, 0.15) is 42.0 Å². The van der Waals surface area contributed by atoms with E-state index in [0.717, 1.165) is 30.4 Å². The molecule has 5 aromatic rings. The van der Waals surface area contributed by atoms with Gasteiger partial charge in [0.2, 0.25) is 0 Å². The monoisotopic (exact) mass is 686 g/mol. The van der Waals surface area contributed by atoms with Crippen LogP contribution < -0.4 is 20.6 Å². The molecule has 50 heavy (non-hydrogen) atoms. The van der Waals surface area contributed by atoms with E-state index in [4.69, 9.17) is 9.47 Å². The number of hydrogen-bond acceptors (Lipinski definition) is 9. The smallest absolute Gasteiger partial charge is 0.350 e. The highest BCUT2D eigenvalue weighted by molar-refractivity contribution is 5.59. The van der Waals surface area contributed by atoms with Crippen LogP contribution in [0.15, 0.2) is 84.4 Å². The van der Waals surface area contributed by atoms with Crippen molar-refractivity contribution in [2.75, 3.05) is 36.6 Å². The molecule has 0 spiro atoms. The van der Waals surface area contributed by atoms with E-state index in [-0.39, 0.29) is 29.8 Å². The molecule has 0 amide bonds. The Bertz CT molecular complexity index is 1980. The van der Waals surface area contributed by atoms with Crippen LogP contribution in [-0.4, -0.2) is 66.7 Å². The molecule has 1 saturated heterocycles. The van der Waals surface area contributed by atoms with E-state index in [1.165, 1.54) is 39.6 Å². The quantitative estimate of drug-likeness (QED) is 0.204. The van der Waals surface area contributed by atoms with Crippen LogP contribution in [0.4, 0.5) is 20.2 Å². The average Bonchev–Trinajstić information content (AvgIpc) is 3.83. The van der Waals surface area contributed by atoms with E-state index in [1.54, 1.807) is 17.9 Å². The highest BCUT2D eigenvalue weighted by Gasteiger charge is 2.44. The van der Waals surface area contributed by atoms with Gasteiger partial charge < -0.3 is 24.8 Å². The minimum absolute atomic E-state index is 0.0373. The van der Waals surface area contributed by atoms with Gasteiger partial charge in [-0.15, -0.1) is 0 Å². The molecule has 2 aliphatic rings. The standard InChI is InChI=1S/C36H40F2N8O4/c1-3-34(24(2)47)46-35(48)45(23-42-46)29-8-6-28(7-9-29)43-13-12-26-4-10-30(15-33(26)40-22-43)49-17-25-16-36(50-18-25,19-44-21-39-20-41-44)31-11-5-27(37)14-32(31)38/h4-11,14-15,20-21,23-25,34,40,47H,3,12-13,16-19,22H2,1-2H3/t24-,25+,34-,36-/m0/s1. The number of nitrogens with zero attached hydrogens (tertiary/aromatic N) is 7. The van der Waals surface area contributed by atoms with Crippen molar-refractivity contribution in [2.45, 2.75) is 57.4 Å². The molecule has 3 aromatic carbocycles. The Labute approximate surface area is 287 Å². The maximum atomic E-state index is 15.0. The van der Waals surface area contributed by atoms with Gasteiger partial charge in [-0.25, -0.2) is 32.5 Å². The third-order valence-electron chi connectivity index (χ3n) is 9.67. The molecule has 12 nitrogen and oxygen atoms in total. The Morgan fingerprint density at radius 1 is 1.08 bits per heavy atom. The van der Waals surface area contributed by atoms with E-state index in [2.05, 4.69) is 31.5 Å². The van der Waals surface area contributed by atoms with Crippen molar-refractivity contribution < 1.29 is 23.4 Å². The first kappa shape index (κ1) is 33.4. The summed E-state index contributed by atoms with van der Waals surface area (Å²) in [6, 6.07) is 17.0. The van der Waals surface area contributed by atoms with Crippen LogP contribution in [0.25, 0.3) is 5.69 Å². The van der Waals surface area contributed by atoms with Gasteiger partial charge in [0.05, 0.1) is 44.3 Å². The van der Waals surface area contributed by atoms with Gasteiger partial charge in [0.15, 0.2) is 0 Å². The minimum Gasteiger partial charge on any atom is -0.493 e. The Morgan fingerprint density at radius 3 is 2.64 bits per heavy atom. The van der Waals surface area contributed by atoms with Crippen molar-refractivity contribution >= 4 is 11.4 Å². The zero-order chi connectivity index (χ0) is 34.8. The maximum absolute atomic E-state index is 15.0. The second-order valence-corrected chi connectivity index (χ2v) is 13.0. The molecular formula is C36H40F2N8O4. The summed E-state index contributed by atoms with van der Waals surface area (Å²) >= 11 is 0. The number of aliphatic hydroxyl groups is 1. The van der Waals surface area contributed by atoms with Gasteiger partial charge in [0.25, 0.3) is 0 Å². The molecule has 0 aliphatic carbocycles. The van der Waals surface area contributed by atoms with Gasteiger partial charge in [-0.1, -0.05) is 19.1 Å². The molecule has 4 heterocycles. The third-order valence-corrected chi connectivity index (χ3v) is 9.67. The molecule has 2 aromatic heterocycles. The molecule has 2 aliphatic heterocycles. The number of aliphatic hydroxyl groups excluding tert-OH is 1. The lowest BCUT2D eigenvalue weighted by atomic mass is 9.87. The Hall–Kier alpha value is -5.08. The molecule has 7 rings (SSSR count). The van der Waals surface area contributed by atoms with Gasteiger partial charge in [-0.3, -0.25) is 0 Å². The SMILES string of the molecule is CC[C@@H]([C@H](C)O)n1ncn(-c2ccc(N3CCc4ccc(OC[C@@H]5CO[C@@](Cn6cncn6)(c6ccc(F)cc6F)C5)cc4NC3)cc2)c1=O. The zero-order valence-electron chi connectivity index (χ0n) is 28.0. The lowest BCUT2D eigenvalue weighted by Gasteiger charge is -2.29. The summed E-state index contributed by atoms with van der Waals surface area (Å²) < 4.78 is 45.7. The maximum Gasteiger partial charge on any atom is 0.350 e. The Kier molecular flexibility index (Phi) is 9.38. The van der Waals surface area contributed by atoms with Crippen LogP contribution >= 0.6 is 0 Å². The number of benzene rings is 3. The lowest BCUT2D eigenvalue weighted by molar-refractivity contribution is -0.0206. The summed E-state index contributed by atoms with van der Waals surface area (Å²) in [4.78, 5) is 19.3. The third kappa shape index (κ3) is 6.72. The van der Waals surface area contributed by atoms with Crippen molar-refractivity contribution in [3.05, 3.63) is 113 Å². The van der Waals surface area contributed by atoms with E-state index >= 15 is 4.39 Å². The number of aromatic nitrogens is 6. The normalized spacial score (nSPS) is 20.2. The summed E-state index contributed by atoms with van der Waals surface area (Å²) in [6.45, 7) is 5.89. The number of ether oxygens (including phenoxy) is 2. The first-order valence-electron chi connectivity index (χ1n) is 16.8. The molecule has 262 valence electrons. The predicted octanol–water partition coefficient (Wildman–Crippen LogP) is 4.68. The van der Waals surface area contributed by atoms with E-state index < -0.39 is 23.3 Å². The van der Waals surface area contributed by atoms with Crippen molar-refractivity contribution in [3.8, 4) is 11.4 Å². The fourth-order valence-electron chi connectivity index (χ4n) is 7.03. The minimum atomic E-state index is -1.04. The fourth-order valence-corrected chi connectivity index (χ4v) is 7.03. The summed E-state index contributed by atoms with van der Waals surface area (Å²) in [5.41, 5.74) is 2.82. The predicted molar refractivity (Wildman–Crippen MR) is 182 cm³/mol. The number of anilines is 2. The molecule has 0 bridgehead atoms. The average molecular weight is 687 g/mol. The summed E-state index contributed by atoms with van der Waals surface area (Å²) in [5, 5.41) is 22.1. The van der Waals surface area contributed by atoms with Gasteiger partial charge in [0, 0.05) is 41.5 Å². The van der Waals surface area contributed by atoms with Gasteiger partial charge in [-0.05, 0) is 68.1 Å². The molecule has 14 heteroatoms.